The predicted molar refractivity (Wildman–Crippen MR) is 55.3 cm³/mol. The molecule has 1 atom stereocenters. The van der Waals surface area contributed by atoms with Crippen molar-refractivity contribution >= 4 is 27.9 Å². The summed E-state index contributed by atoms with van der Waals surface area (Å²) >= 11 is 3.19. The van der Waals surface area contributed by atoms with Gasteiger partial charge in [0, 0.05) is 22.5 Å². The summed E-state index contributed by atoms with van der Waals surface area (Å²) in [5, 5.41) is 10.4. The highest BCUT2D eigenvalue weighted by Gasteiger charge is 2.12. The Balaban J connectivity index is 3.13. The zero-order valence-electron chi connectivity index (χ0n) is 7.44. The maximum atomic E-state index is 10.5. The van der Waals surface area contributed by atoms with Crippen molar-refractivity contribution in [2.75, 3.05) is 0 Å². The molecule has 0 radical (unpaired) electrons. The highest BCUT2D eigenvalue weighted by molar-refractivity contribution is 9.10. The van der Waals surface area contributed by atoms with Gasteiger partial charge in [0.1, 0.15) is 6.29 Å². The van der Waals surface area contributed by atoms with Crippen LogP contribution in [-0.4, -0.2) is 11.2 Å². The number of carbonyl (C=O) groups is 1. The molecule has 1 unspecified atom stereocenters. The van der Waals surface area contributed by atoms with E-state index >= 15 is 0 Å². The Morgan fingerprint density at radius 1 is 1.57 bits per heavy atom. The number of nitro benzene ring substituents is 1. The lowest BCUT2D eigenvalue weighted by molar-refractivity contribution is -0.384. The quantitative estimate of drug-likeness (QED) is 0.475. The summed E-state index contributed by atoms with van der Waals surface area (Å²) in [5.74, 6) is -0.259. The van der Waals surface area contributed by atoms with Crippen LogP contribution in [0.1, 0.15) is 18.4 Å². The van der Waals surface area contributed by atoms with Crippen LogP contribution in [0.2, 0.25) is 0 Å². The van der Waals surface area contributed by atoms with Gasteiger partial charge < -0.3 is 4.79 Å². The first-order valence-electron chi connectivity index (χ1n) is 3.95. The summed E-state index contributed by atoms with van der Waals surface area (Å²) in [6.07, 6.45) is 0.798. The van der Waals surface area contributed by atoms with Crippen LogP contribution in [0, 0.1) is 10.1 Å². The van der Waals surface area contributed by atoms with Gasteiger partial charge in [-0.25, -0.2) is 0 Å². The Kier molecular flexibility index (Phi) is 3.35. The lowest BCUT2D eigenvalue weighted by atomic mass is 10.0. The number of carbonyl (C=O) groups excluding carboxylic acids is 1. The van der Waals surface area contributed by atoms with Crippen LogP contribution >= 0.6 is 15.9 Å². The van der Waals surface area contributed by atoms with Gasteiger partial charge in [-0.2, -0.15) is 0 Å². The van der Waals surface area contributed by atoms with Crippen LogP contribution in [0.25, 0.3) is 0 Å². The number of hydrogen-bond donors (Lipinski definition) is 0. The van der Waals surface area contributed by atoms with E-state index < -0.39 is 4.92 Å². The normalized spacial score (nSPS) is 12.1. The Bertz CT molecular complexity index is 378. The smallest absolute Gasteiger partial charge is 0.270 e. The standard InChI is InChI=1S/C9H8BrNO3/c1-6(5-12)8-3-2-7(11(13)14)4-9(8)10/h2-6H,1H3. The van der Waals surface area contributed by atoms with Gasteiger partial charge in [0.25, 0.3) is 5.69 Å². The van der Waals surface area contributed by atoms with Gasteiger partial charge in [0.15, 0.2) is 0 Å². The molecule has 1 rings (SSSR count). The predicted octanol–water partition coefficient (Wildman–Crippen LogP) is 2.66. The van der Waals surface area contributed by atoms with Crippen LogP contribution in [0.15, 0.2) is 22.7 Å². The zero-order valence-corrected chi connectivity index (χ0v) is 9.02. The van der Waals surface area contributed by atoms with Gasteiger partial charge in [0.2, 0.25) is 0 Å². The SMILES string of the molecule is CC(C=O)c1ccc([N+](=O)[O-])cc1Br. The van der Waals surface area contributed by atoms with Crippen LogP contribution in [-0.2, 0) is 4.79 Å². The second-order valence-electron chi connectivity index (χ2n) is 2.89. The number of non-ortho nitro benzene ring substituents is 1. The summed E-state index contributed by atoms with van der Waals surface area (Å²) in [7, 11) is 0. The van der Waals surface area contributed by atoms with E-state index in [1.807, 2.05) is 0 Å². The van der Waals surface area contributed by atoms with Crippen molar-refractivity contribution in [2.24, 2.45) is 0 Å². The molecule has 0 aliphatic rings. The first kappa shape index (κ1) is 10.8. The minimum atomic E-state index is -0.472. The lowest BCUT2D eigenvalue weighted by Crippen LogP contribution is -1.97. The summed E-state index contributed by atoms with van der Waals surface area (Å²) in [6.45, 7) is 1.74. The van der Waals surface area contributed by atoms with Crippen molar-refractivity contribution in [3.63, 3.8) is 0 Å². The summed E-state index contributed by atoms with van der Waals surface area (Å²) < 4.78 is 0.589. The fourth-order valence-electron chi connectivity index (χ4n) is 1.07. The molecule has 1 aromatic carbocycles. The fourth-order valence-corrected chi connectivity index (χ4v) is 1.80. The van der Waals surface area contributed by atoms with Crippen LogP contribution in [0.3, 0.4) is 0 Å². The average Bonchev–Trinajstić information content (AvgIpc) is 2.16. The number of nitrogens with zero attached hydrogens (tertiary/aromatic N) is 1. The van der Waals surface area contributed by atoms with E-state index in [1.165, 1.54) is 12.1 Å². The minimum absolute atomic E-state index is 0.0127. The molecular weight excluding hydrogens is 250 g/mol. The fraction of sp³-hybridized carbons (Fsp3) is 0.222. The largest absolute Gasteiger partial charge is 0.303 e. The average molecular weight is 258 g/mol. The third-order valence-corrected chi connectivity index (χ3v) is 2.58. The van der Waals surface area contributed by atoms with Crippen molar-refractivity contribution in [2.45, 2.75) is 12.8 Å². The molecule has 0 aliphatic carbocycles. The molecule has 0 amide bonds. The molecule has 4 nitrogen and oxygen atoms in total. The minimum Gasteiger partial charge on any atom is -0.303 e. The molecule has 5 heteroatoms. The van der Waals surface area contributed by atoms with Crippen molar-refractivity contribution in [3.8, 4) is 0 Å². The molecule has 0 N–H and O–H groups in total. The summed E-state index contributed by atoms with van der Waals surface area (Å²) in [5.41, 5.74) is 0.768. The molecule has 74 valence electrons. The summed E-state index contributed by atoms with van der Waals surface area (Å²) in [4.78, 5) is 20.5. The number of halogens is 1. The van der Waals surface area contributed by atoms with E-state index in [0.717, 1.165) is 11.8 Å². The van der Waals surface area contributed by atoms with E-state index in [2.05, 4.69) is 15.9 Å². The van der Waals surface area contributed by atoms with E-state index in [4.69, 9.17) is 0 Å². The maximum Gasteiger partial charge on any atom is 0.270 e. The zero-order chi connectivity index (χ0) is 10.7. The van der Waals surface area contributed by atoms with Crippen molar-refractivity contribution in [1.29, 1.82) is 0 Å². The van der Waals surface area contributed by atoms with Crippen molar-refractivity contribution in [3.05, 3.63) is 38.3 Å². The Morgan fingerprint density at radius 2 is 2.21 bits per heavy atom. The molecular formula is C9H8BrNO3. The van der Waals surface area contributed by atoms with Crippen molar-refractivity contribution < 1.29 is 9.72 Å². The molecule has 0 spiro atoms. The number of hydrogen-bond acceptors (Lipinski definition) is 3. The molecule has 0 saturated heterocycles. The first-order chi connectivity index (χ1) is 6.56. The number of nitro groups is 1. The molecule has 0 bridgehead atoms. The molecule has 14 heavy (non-hydrogen) atoms. The van der Waals surface area contributed by atoms with E-state index in [9.17, 15) is 14.9 Å². The van der Waals surface area contributed by atoms with Gasteiger partial charge in [-0.05, 0) is 5.56 Å². The third-order valence-electron chi connectivity index (χ3n) is 1.89. The number of aldehydes is 1. The molecule has 0 aromatic heterocycles. The monoisotopic (exact) mass is 257 g/mol. The van der Waals surface area contributed by atoms with Crippen LogP contribution in [0.5, 0.6) is 0 Å². The van der Waals surface area contributed by atoms with Gasteiger partial charge in [0.05, 0.1) is 4.92 Å². The molecule has 0 aliphatic heterocycles. The highest BCUT2D eigenvalue weighted by atomic mass is 79.9. The van der Waals surface area contributed by atoms with Crippen molar-refractivity contribution in [1.82, 2.24) is 0 Å². The molecule has 0 heterocycles. The topological polar surface area (TPSA) is 60.2 Å². The highest BCUT2D eigenvalue weighted by Crippen LogP contribution is 2.27. The van der Waals surface area contributed by atoms with Gasteiger partial charge >= 0.3 is 0 Å². The van der Waals surface area contributed by atoms with E-state index in [-0.39, 0.29) is 11.6 Å². The molecule has 0 saturated carbocycles. The number of rotatable bonds is 3. The Morgan fingerprint density at radius 3 is 2.64 bits per heavy atom. The Hall–Kier alpha value is -1.23. The molecule has 0 fully saturated rings. The Labute approximate surface area is 89.2 Å². The third kappa shape index (κ3) is 2.17. The van der Waals surface area contributed by atoms with Gasteiger partial charge in [-0.3, -0.25) is 10.1 Å². The lowest BCUT2D eigenvalue weighted by Gasteiger charge is -2.05. The van der Waals surface area contributed by atoms with E-state index in [1.54, 1.807) is 13.0 Å². The van der Waals surface area contributed by atoms with E-state index in [0.29, 0.717) is 4.47 Å². The summed E-state index contributed by atoms with van der Waals surface area (Å²) in [6, 6.07) is 4.37. The van der Waals surface area contributed by atoms with Gasteiger partial charge in [-0.1, -0.05) is 28.9 Å². The second-order valence-corrected chi connectivity index (χ2v) is 3.74. The first-order valence-corrected chi connectivity index (χ1v) is 4.74. The second kappa shape index (κ2) is 4.32. The van der Waals surface area contributed by atoms with Gasteiger partial charge in [-0.15, -0.1) is 0 Å². The van der Waals surface area contributed by atoms with Crippen LogP contribution < -0.4 is 0 Å². The number of benzene rings is 1. The maximum absolute atomic E-state index is 10.5. The van der Waals surface area contributed by atoms with Crippen LogP contribution in [0.4, 0.5) is 5.69 Å². The molecule has 1 aromatic rings.